The molecule has 6 nitrogen and oxygen atoms in total. The minimum atomic E-state index is -0.700. The molecule has 27 heavy (non-hydrogen) atoms. The first-order valence-corrected chi connectivity index (χ1v) is 9.53. The third kappa shape index (κ3) is 3.83. The fourth-order valence-electron chi connectivity index (χ4n) is 4.26. The fraction of sp³-hybridized carbons (Fsp3) is 0.450. The van der Waals surface area contributed by atoms with Crippen LogP contribution in [0.3, 0.4) is 0 Å². The van der Waals surface area contributed by atoms with Gasteiger partial charge in [0.05, 0.1) is 5.92 Å². The number of carboxylic acid groups (broad SMARTS) is 1. The monoisotopic (exact) mass is 387 g/mol. The van der Waals surface area contributed by atoms with Crippen LogP contribution in [-0.4, -0.2) is 52.2 Å². The number of benzene rings is 1. The summed E-state index contributed by atoms with van der Waals surface area (Å²) in [5.74, 6) is -0.384. The van der Waals surface area contributed by atoms with E-state index in [-0.39, 0.29) is 11.3 Å². The van der Waals surface area contributed by atoms with Crippen molar-refractivity contribution in [3.63, 3.8) is 0 Å². The predicted octanol–water partition coefficient (Wildman–Crippen LogP) is 3.11. The van der Waals surface area contributed by atoms with E-state index in [0.717, 1.165) is 30.5 Å². The van der Waals surface area contributed by atoms with Gasteiger partial charge in [-0.1, -0.05) is 11.6 Å². The maximum atomic E-state index is 11.8. The highest BCUT2D eigenvalue weighted by molar-refractivity contribution is 6.30. The van der Waals surface area contributed by atoms with Gasteiger partial charge in [-0.05, 0) is 37.1 Å². The van der Waals surface area contributed by atoms with Gasteiger partial charge >= 0.3 is 5.97 Å². The van der Waals surface area contributed by atoms with E-state index >= 15 is 0 Å². The van der Waals surface area contributed by atoms with Crippen molar-refractivity contribution in [3.05, 3.63) is 47.2 Å². The number of aliphatic carboxylic acids is 1. The molecule has 3 heterocycles. The van der Waals surface area contributed by atoms with E-state index < -0.39 is 5.97 Å². The summed E-state index contributed by atoms with van der Waals surface area (Å²) in [6, 6.07) is 7.42. The van der Waals surface area contributed by atoms with Crippen LogP contribution in [0.1, 0.15) is 18.4 Å². The number of likely N-dealkylation sites (tertiary alicyclic amines) is 1. The molecular formula is C20H22ClN3O3. The van der Waals surface area contributed by atoms with Gasteiger partial charge in [-0.2, -0.15) is 0 Å². The van der Waals surface area contributed by atoms with Crippen molar-refractivity contribution in [2.75, 3.05) is 26.3 Å². The van der Waals surface area contributed by atoms with E-state index in [0.29, 0.717) is 37.2 Å². The van der Waals surface area contributed by atoms with Gasteiger partial charge in [-0.15, -0.1) is 0 Å². The SMILES string of the molecule is O=C(O)C1CN(Cc2cnc(-c3ccc(Cl)cc3)nc2)CC12CCOCC2. The Balaban J connectivity index is 1.46. The van der Waals surface area contributed by atoms with Gasteiger partial charge in [0.15, 0.2) is 5.82 Å². The first-order chi connectivity index (χ1) is 13.1. The van der Waals surface area contributed by atoms with E-state index in [9.17, 15) is 9.90 Å². The number of aromatic nitrogens is 2. The molecule has 1 atom stereocenters. The third-order valence-corrected chi connectivity index (χ3v) is 5.97. The van der Waals surface area contributed by atoms with Crippen molar-refractivity contribution < 1.29 is 14.6 Å². The average Bonchev–Trinajstić information content (AvgIpc) is 3.01. The molecule has 0 saturated carbocycles. The topological polar surface area (TPSA) is 75.5 Å². The van der Waals surface area contributed by atoms with Crippen molar-refractivity contribution >= 4 is 17.6 Å². The van der Waals surface area contributed by atoms with Gasteiger partial charge < -0.3 is 9.84 Å². The Labute approximate surface area is 163 Å². The molecule has 4 rings (SSSR count). The minimum absolute atomic E-state index is 0.172. The quantitative estimate of drug-likeness (QED) is 0.868. The van der Waals surface area contributed by atoms with E-state index in [1.165, 1.54) is 0 Å². The lowest BCUT2D eigenvalue weighted by Crippen LogP contribution is -2.40. The number of carbonyl (C=O) groups is 1. The zero-order chi connectivity index (χ0) is 18.9. The highest BCUT2D eigenvalue weighted by atomic mass is 35.5. The summed E-state index contributed by atoms with van der Waals surface area (Å²) >= 11 is 5.92. The summed E-state index contributed by atoms with van der Waals surface area (Å²) in [7, 11) is 0. The van der Waals surface area contributed by atoms with Crippen LogP contribution in [-0.2, 0) is 16.1 Å². The van der Waals surface area contributed by atoms with Crippen molar-refractivity contribution in [2.45, 2.75) is 19.4 Å². The number of ether oxygens (including phenoxy) is 1. The van der Waals surface area contributed by atoms with Crippen LogP contribution < -0.4 is 0 Å². The first-order valence-electron chi connectivity index (χ1n) is 9.15. The standard InChI is InChI=1S/C20H22ClN3O3/c21-16-3-1-15(2-4-16)18-22-9-14(10-23-18)11-24-12-17(19(25)26)20(13-24)5-7-27-8-6-20/h1-4,9-10,17H,5-8,11-13H2,(H,25,26). The van der Waals surface area contributed by atoms with Crippen LogP contribution in [0.15, 0.2) is 36.7 Å². The van der Waals surface area contributed by atoms with Crippen LogP contribution in [0.2, 0.25) is 5.02 Å². The third-order valence-electron chi connectivity index (χ3n) is 5.72. The number of carboxylic acids is 1. The molecule has 1 spiro atoms. The summed E-state index contributed by atoms with van der Waals surface area (Å²) in [4.78, 5) is 22.9. The van der Waals surface area contributed by atoms with Gasteiger partial charge in [0, 0.05) is 66.8 Å². The van der Waals surface area contributed by atoms with Crippen LogP contribution in [0, 0.1) is 11.3 Å². The van der Waals surface area contributed by atoms with Crippen LogP contribution in [0.25, 0.3) is 11.4 Å². The van der Waals surface area contributed by atoms with Crippen LogP contribution in [0.4, 0.5) is 0 Å². The smallest absolute Gasteiger partial charge is 0.308 e. The second-order valence-electron chi connectivity index (χ2n) is 7.46. The zero-order valence-electron chi connectivity index (χ0n) is 15.0. The minimum Gasteiger partial charge on any atom is -0.481 e. The zero-order valence-corrected chi connectivity index (χ0v) is 15.7. The Morgan fingerprint density at radius 3 is 2.52 bits per heavy atom. The lowest BCUT2D eigenvalue weighted by molar-refractivity contribution is -0.147. The molecule has 0 radical (unpaired) electrons. The molecule has 2 saturated heterocycles. The van der Waals surface area contributed by atoms with Crippen LogP contribution in [0.5, 0.6) is 0 Å². The summed E-state index contributed by atoms with van der Waals surface area (Å²) in [6.07, 6.45) is 5.27. The molecule has 1 unspecified atom stereocenters. The Morgan fingerprint density at radius 1 is 1.22 bits per heavy atom. The molecule has 0 aliphatic carbocycles. The van der Waals surface area contributed by atoms with Crippen molar-refractivity contribution in [1.29, 1.82) is 0 Å². The van der Waals surface area contributed by atoms with Gasteiger partial charge in [-0.25, -0.2) is 9.97 Å². The Kier molecular flexibility index (Phi) is 5.12. The molecule has 1 aromatic heterocycles. The van der Waals surface area contributed by atoms with Crippen molar-refractivity contribution in [3.8, 4) is 11.4 Å². The van der Waals surface area contributed by atoms with Gasteiger partial charge in [0.25, 0.3) is 0 Å². The molecule has 2 fully saturated rings. The van der Waals surface area contributed by atoms with Gasteiger partial charge in [-0.3, -0.25) is 9.69 Å². The van der Waals surface area contributed by atoms with Gasteiger partial charge in [0.1, 0.15) is 0 Å². The number of nitrogens with zero attached hydrogens (tertiary/aromatic N) is 3. The second-order valence-corrected chi connectivity index (χ2v) is 7.89. The molecule has 2 aliphatic rings. The van der Waals surface area contributed by atoms with Gasteiger partial charge in [0.2, 0.25) is 0 Å². The molecule has 2 aromatic rings. The molecule has 0 bridgehead atoms. The van der Waals surface area contributed by atoms with E-state index in [2.05, 4.69) is 14.9 Å². The molecule has 2 aliphatic heterocycles. The average molecular weight is 388 g/mol. The molecule has 0 amide bonds. The summed E-state index contributed by atoms with van der Waals surface area (Å²) in [5.41, 5.74) is 1.73. The molecular weight excluding hydrogens is 366 g/mol. The Hall–Kier alpha value is -2.02. The second kappa shape index (κ2) is 7.54. The van der Waals surface area contributed by atoms with E-state index in [4.69, 9.17) is 16.3 Å². The molecule has 142 valence electrons. The number of hydrogen-bond acceptors (Lipinski definition) is 5. The largest absolute Gasteiger partial charge is 0.481 e. The number of hydrogen-bond donors (Lipinski definition) is 1. The normalized spacial score (nSPS) is 22.2. The Morgan fingerprint density at radius 2 is 1.89 bits per heavy atom. The molecule has 1 aromatic carbocycles. The Bertz CT molecular complexity index is 804. The number of halogens is 1. The first kappa shape index (κ1) is 18.3. The highest BCUT2D eigenvalue weighted by Gasteiger charge is 2.50. The number of rotatable bonds is 4. The maximum Gasteiger partial charge on any atom is 0.308 e. The highest BCUT2D eigenvalue weighted by Crippen LogP contribution is 2.44. The summed E-state index contributed by atoms with van der Waals surface area (Å²) in [6.45, 7) is 3.31. The lowest BCUT2D eigenvalue weighted by atomic mass is 9.72. The summed E-state index contributed by atoms with van der Waals surface area (Å²) < 4.78 is 5.46. The molecule has 7 heteroatoms. The van der Waals surface area contributed by atoms with Crippen molar-refractivity contribution in [1.82, 2.24) is 14.9 Å². The molecule has 1 N–H and O–H groups in total. The van der Waals surface area contributed by atoms with Crippen molar-refractivity contribution in [2.24, 2.45) is 11.3 Å². The fourth-order valence-corrected chi connectivity index (χ4v) is 4.39. The lowest BCUT2D eigenvalue weighted by Gasteiger charge is -2.36. The van der Waals surface area contributed by atoms with Crippen LogP contribution >= 0.6 is 11.6 Å². The maximum absolute atomic E-state index is 11.8. The van der Waals surface area contributed by atoms with E-state index in [1.807, 2.05) is 36.7 Å². The van der Waals surface area contributed by atoms with E-state index in [1.54, 1.807) is 0 Å². The summed E-state index contributed by atoms with van der Waals surface area (Å²) in [5, 5.41) is 10.4. The predicted molar refractivity (Wildman–Crippen MR) is 101 cm³/mol.